The number of methoxy groups -OCH3 is 1. The summed E-state index contributed by atoms with van der Waals surface area (Å²) < 4.78 is 38.5. The molecule has 2 aromatic carbocycles. The summed E-state index contributed by atoms with van der Waals surface area (Å²) in [6.07, 6.45) is 0.366. The first-order valence-electron chi connectivity index (χ1n) is 10.3. The lowest BCUT2D eigenvalue weighted by molar-refractivity contribution is -0.124. The van der Waals surface area contributed by atoms with Gasteiger partial charge in [0.15, 0.2) is 6.10 Å². The number of hydrogen-bond acceptors (Lipinski definition) is 6. The van der Waals surface area contributed by atoms with Crippen LogP contribution in [0.4, 0.5) is 5.69 Å². The second-order valence-electron chi connectivity index (χ2n) is 7.75. The normalized spacial score (nSPS) is 20.8. The first-order valence-corrected chi connectivity index (χ1v) is 11.8. The number of nitrogens with one attached hydrogen (secondary N) is 2. The molecule has 2 atom stereocenters. The maximum absolute atomic E-state index is 13.3. The molecule has 2 heterocycles. The third kappa shape index (κ3) is 4.28. The van der Waals surface area contributed by atoms with Crippen LogP contribution in [0.2, 0.25) is 0 Å². The van der Waals surface area contributed by atoms with Crippen molar-refractivity contribution in [2.75, 3.05) is 19.0 Å². The number of fused-ring (bicyclic) bond motifs is 1. The van der Waals surface area contributed by atoms with E-state index in [2.05, 4.69) is 10.6 Å². The number of nitrogens with zero attached hydrogens (tertiary/aromatic N) is 1. The van der Waals surface area contributed by atoms with E-state index in [-0.39, 0.29) is 29.8 Å². The van der Waals surface area contributed by atoms with Gasteiger partial charge in [-0.15, -0.1) is 0 Å². The Kier molecular flexibility index (Phi) is 6.07. The van der Waals surface area contributed by atoms with Crippen LogP contribution in [0.25, 0.3) is 0 Å². The highest BCUT2D eigenvalue weighted by Crippen LogP contribution is 2.34. The Balaban J connectivity index is 1.50. The summed E-state index contributed by atoms with van der Waals surface area (Å²) in [5.74, 6) is 0.394. The Hall–Kier alpha value is -3.11. The minimum atomic E-state index is -3.95. The van der Waals surface area contributed by atoms with Gasteiger partial charge in [-0.25, -0.2) is 8.42 Å². The molecule has 2 amide bonds. The number of rotatable bonds is 6. The van der Waals surface area contributed by atoms with Crippen molar-refractivity contribution >= 4 is 27.5 Å². The molecule has 1 fully saturated rings. The van der Waals surface area contributed by atoms with E-state index >= 15 is 0 Å². The summed E-state index contributed by atoms with van der Waals surface area (Å²) in [6.45, 7) is 2.12. The van der Waals surface area contributed by atoms with E-state index in [0.29, 0.717) is 30.0 Å². The van der Waals surface area contributed by atoms with Crippen molar-refractivity contribution in [3.8, 4) is 11.5 Å². The van der Waals surface area contributed by atoms with E-state index < -0.39 is 22.2 Å². The predicted octanol–water partition coefficient (Wildman–Crippen LogP) is 1.88. The molecule has 9 nitrogen and oxygen atoms in total. The minimum Gasteiger partial charge on any atom is -0.497 e. The molecule has 0 aliphatic carbocycles. The second-order valence-corrected chi connectivity index (χ2v) is 9.64. The average Bonchev–Trinajstić information content (AvgIpc) is 3.29. The molecule has 0 bridgehead atoms. The zero-order valence-electron chi connectivity index (χ0n) is 17.8. The Labute approximate surface area is 186 Å². The Bertz CT molecular complexity index is 1150. The molecular weight excluding hydrogens is 434 g/mol. The highest BCUT2D eigenvalue weighted by atomic mass is 32.2. The number of ether oxygens (including phenoxy) is 2. The maximum Gasteiger partial charge on any atom is 0.265 e. The lowest BCUT2D eigenvalue weighted by Crippen LogP contribution is -2.45. The molecule has 0 unspecified atom stereocenters. The van der Waals surface area contributed by atoms with Crippen LogP contribution < -0.4 is 20.1 Å². The topological polar surface area (TPSA) is 114 Å². The molecule has 2 aromatic rings. The fourth-order valence-corrected chi connectivity index (χ4v) is 5.55. The number of amides is 2. The van der Waals surface area contributed by atoms with Crippen molar-refractivity contribution in [1.29, 1.82) is 0 Å². The molecule has 4 rings (SSSR count). The molecule has 2 N–H and O–H groups in total. The third-order valence-electron chi connectivity index (χ3n) is 5.60. The van der Waals surface area contributed by atoms with Gasteiger partial charge in [0, 0.05) is 13.1 Å². The van der Waals surface area contributed by atoms with Gasteiger partial charge in [0.2, 0.25) is 15.9 Å². The first kappa shape index (κ1) is 22.1. The molecule has 0 aromatic heterocycles. The van der Waals surface area contributed by atoms with Crippen LogP contribution in [0.1, 0.15) is 25.3 Å². The van der Waals surface area contributed by atoms with Crippen LogP contribution in [0, 0.1) is 0 Å². The average molecular weight is 460 g/mol. The van der Waals surface area contributed by atoms with Crippen LogP contribution in [0.5, 0.6) is 11.5 Å². The molecule has 10 heteroatoms. The van der Waals surface area contributed by atoms with Gasteiger partial charge in [0.05, 0.1) is 17.7 Å². The lowest BCUT2D eigenvalue weighted by Gasteiger charge is -2.26. The SMILES string of the molecule is COc1cccc(CNC(=O)[C@H]2CCCN2S(=O)(=O)c2ccc3c(c2)NC(=O)[C@@H](C)O3)c1. The summed E-state index contributed by atoms with van der Waals surface area (Å²) in [6, 6.07) is 10.8. The molecule has 0 spiro atoms. The predicted molar refractivity (Wildman–Crippen MR) is 117 cm³/mol. The zero-order chi connectivity index (χ0) is 22.9. The van der Waals surface area contributed by atoms with Crippen molar-refractivity contribution in [1.82, 2.24) is 9.62 Å². The van der Waals surface area contributed by atoms with E-state index in [1.165, 1.54) is 22.5 Å². The van der Waals surface area contributed by atoms with Gasteiger partial charge >= 0.3 is 0 Å². The summed E-state index contributed by atoms with van der Waals surface area (Å²) in [5, 5.41) is 5.49. The Morgan fingerprint density at radius 3 is 2.88 bits per heavy atom. The van der Waals surface area contributed by atoms with Gasteiger partial charge in [-0.05, 0) is 55.7 Å². The molecule has 0 radical (unpaired) electrons. The maximum atomic E-state index is 13.3. The number of carbonyl (C=O) groups excluding carboxylic acids is 2. The summed E-state index contributed by atoms with van der Waals surface area (Å²) in [4.78, 5) is 24.7. The quantitative estimate of drug-likeness (QED) is 0.682. The van der Waals surface area contributed by atoms with E-state index in [1.807, 2.05) is 24.3 Å². The molecule has 32 heavy (non-hydrogen) atoms. The Morgan fingerprint density at radius 1 is 1.28 bits per heavy atom. The van der Waals surface area contributed by atoms with Gasteiger partial charge in [-0.1, -0.05) is 12.1 Å². The molecule has 0 saturated carbocycles. The summed E-state index contributed by atoms with van der Waals surface area (Å²) in [7, 11) is -2.38. The van der Waals surface area contributed by atoms with Gasteiger partial charge in [-0.3, -0.25) is 9.59 Å². The number of anilines is 1. The van der Waals surface area contributed by atoms with Crippen LogP contribution in [-0.4, -0.2) is 50.3 Å². The van der Waals surface area contributed by atoms with Gasteiger partial charge in [0.1, 0.15) is 17.5 Å². The number of hydrogen-bond donors (Lipinski definition) is 2. The van der Waals surface area contributed by atoms with Crippen molar-refractivity contribution in [3.05, 3.63) is 48.0 Å². The van der Waals surface area contributed by atoms with Crippen molar-refractivity contribution in [2.24, 2.45) is 0 Å². The number of benzene rings is 2. The number of carbonyl (C=O) groups is 2. The molecule has 2 aliphatic heterocycles. The van der Waals surface area contributed by atoms with E-state index in [4.69, 9.17) is 9.47 Å². The van der Waals surface area contributed by atoms with E-state index in [1.54, 1.807) is 14.0 Å². The van der Waals surface area contributed by atoms with Crippen LogP contribution >= 0.6 is 0 Å². The molecule has 170 valence electrons. The van der Waals surface area contributed by atoms with Gasteiger partial charge in [0.25, 0.3) is 5.91 Å². The standard InChI is InChI=1S/C22H25N3O6S/c1-14-21(26)24-18-12-17(8-9-20(18)31-14)32(28,29)25-10-4-7-19(25)22(27)23-13-15-5-3-6-16(11-15)30-2/h3,5-6,8-9,11-12,14,19H,4,7,10,13H2,1-2H3,(H,23,27)(H,24,26)/t14-,19-/m1/s1. The van der Waals surface area contributed by atoms with Crippen molar-refractivity contribution in [3.63, 3.8) is 0 Å². The largest absolute Gasteiger partial charge is 0.497 e. The molecular formula is C22H25N3O6S. The lowest BCUT2D eigenvalue weighted by atomic mass is 10.2. The highest BCUT2D eigenvalue weighted by molar-refractivity contribution is 7.89. The number of sulfonamides is 1. The molecule has 1 saturated heterocycles. The Morgan fingerprint density at radius 2 is 2.09 bits per heavy atom. The second kappa shape index (κ2) is 8.79. The van der Waals surface area contributed by atoms with Crippen molar-refractivity contribution in [2.45, 2.75) is 43.4 Å². The zero-order valence-corrected chi connectivity index (χ0v) is 18.6. The van der Waals surface area contributed by atoms with Crippen LogP contribution in [0.3, 0.4) is 0 Å². The summed E-state index contributed by atoms with van der Waals surface area (Å²) in [5.41, 5.74) is 1.15. The van der Waals surface area contributed by atoms with Gasteiger partial charge < -0.3 is 20.1 Å². The van der Waals surface area contributed by atoms with Crippen LogP contribution in [-0.2, 0) is 26.2 Å². The van der Waals surface area contributed by atoms with E-state index in [0.717, 1.165) is 5.56 Å². The highest BCUT2D eigenvalue weighted by Gasteiger charge is 2.40. The van der Waals surface area contributed by atoms with E-state index in [9.17, 15) is 18.0 Å². The third-order valence-corrected chi connectivity index (χ3v) is 7.50. The fourth-order valence-electron chi connectivity index (χ4n) is 3.86. The summed E-state index contributed by atoms with van der Waals surface area (Å²) >= 11 is 0. The monoisotopic (exact) mass is 459 g/mol. The first-order chi connectivity index (χ1) is 15.3. The van der Waals surface area contributed by atoms with Gasteiger partial charge in [-0.2, -0.15) is 4.31 Å². The molecule has 2 aliphatic rings. The van der Waals surface area contributed by atoms with Crippen LogP contribution in [0.15, 0.2) is 47.4 Å². The fraction of sp³-hybridized carbons (Fsp3) is 0.364. The van der Waals surface area contributed by atoms with Crippen molar-refractivity contribution < 1.29 is 27.5 Å². The minimum absolute atomic E-state index is 0.00204. The smallest absolute Gasteiger partial charge is 0.265 e.